The van der Waals surface area contributed by atoms with Gasteiger partial charge in [-0.25, -0.2) is 0 Å². The first-order chi connectivity index (χ1) is 9.26. The average Bonchev–Trinajstić information content (AvgIpc) is 2.40. The molecule has 0 heterocycles. The van der Waals surface area contributed by atoms with Crippen molar-refractivity contribution in [2.24, 2.45) is 0 Å². The summed E-state index contributed by atoms with van der Waals surface area (Å²) in [6, 6.07) is 9.94. The Kier molecular flexibility index (Phi) is 7.87. The highest BCUT2D eigenvalue weighted by Gasteiger charge is 2.12. The Bertz CT molecular complexity index is 375. The molecule has 1 unspecified atom stereocenters. The Hall–Kier alpha value is -1.38. The fourth-order valence-corrected chi connectivity index (χ4v) is 1.82. The van der Waals surface area contributed by atoms with Crippen LogP contribution >= 0.6 is 0 Å². The molecule has 2 N–H and O–H groups in total. The molecule has 1 aromatic rings. The van der Waals surface area contributed by atoms with Crippen LogP contribution in [0.4, 0.5) is 0 Å². The van der Waals surface area contributed by atoms with E-state index in [4.69, 9.17) is 16.3 Å². The van der Waals surface area contributed by atoms with Crippen molar-refractivity contribution in [1.82, 2.24) is 4.90 Å². The number of nitrogens with zero attached hydrogens (tertiary/aromatic N) is 1. The van der Waals surface area contributed by atoms with Crippen molar-refractivity contribution < 1.29 is 14.9 Å². The third-order valence-electron chi connectivity index (χ3n) is 2.63. The van der Waals surface area contributed by atoms with Crippen molar-refractivity contribution >= 4 is 0 Å². The molecule has 0 radical (unpaired) electrons. The second kappa shape index (κ2) is 9.54. The van der Waals surface area contributed by atoms with Crippen LogP contribution in [0, 0.1) is 12.3 Å². The Morgan fingerprint density at radius 2 is 2.05 bits per heavy atom. The van der Waals surface area contributed by atoms with Gasteiger partial charge in [0.2, 0.25) is 0 Å². The van der Waals surface area contributed by atoms with Crippen LogP contribution in [0.1, 0.15) is 5.56 Å². The van der Waals surface area contributed by atoms with Gasteiger partial charge in [0.05, 0.1) is 19.3 Å². The van der Waals surface area contributed by atoms with Gasteiger partial charge in [0.15, 0.2) is 0 Å². The average molecular weight is 263 g/mol. The van der Waals surface area contributed by atoms with Gasteiger partial charge in [-0.05, 0) is 5.56 Å². The Balaban J connectivity index is 2.41. The van der Waals surface area contributed by atoms with E-state index < -0.39 is 6.10 Å². The fraction of sp³-hybridized carbons (Fsp3) is 0.467. The van der Waals surface area contributed by atoms with Crippen LogP contribution in [-0.2, 0) is 11.3 Å². The topological polar surface area (TPSA) is 52.9 Å². The quantitative estimate of drug-likeness (QED) is 0.503. The minimum atomic E-state index is -0.608. The molecule has 4 nitrogen and oxygen atoms in total. The van der Waals surface area contributed by atoms with Crippen LogP contribution in [0.25, 0.3) is 0 Å². The minimum absolute atomic E-state index is 0.0603. The lowest BCUT2D eigenvalue weighted by atomic mass is 10.2. The first kappa shape index (κ1) is 15.7. The van der Waals surface area contributed by atoms with E-state index in [0.29, 0.717) is 19.6 Å². The smallest absolute Gasteiger partial charge is 0.107 e. The number of terminal acetylenes is 1. The fourth-order valence-electron chi connectivity index (χ4n) is 1.82. The van der Waals surface area contributed by atoms with Gasteiger partial charge >= 0.3 is 0 Å². The van der Waals surface area contributed by atoms with Gasteiger partial charge in [-0.3, -0.25) is 4.90 Å². The molecule has 0 aromatic heterocycles. The van der Waals surface area contributed by atoms with Gasteiger partial charge in [-0.1, -0.05) is 36.3 Å². The molecule has 1 aromatic carbocycles. The standard InChI is InChI=1S/C15H21NO3/c1-2-10-19-13-15(18)12-16(8-9-17)11-14-6-4-3-5-7-14/h1,3-7,15,17-18H,8-13H2. The van der Waals surface area contributed by atoms with Crippen molar-refractivity contribution in [1.29, 1.82) is 0 Å². The summed E-state index contributed by atoms with van der Waals surface area (Å²) in [4.78, 5) is 1.99. The number of benzene rings is 1. The van der Waals surface area contributed by atoms with E-state index in [1.807, 2.05) is 35.2 Å². The zero-order chi connectivity index (χ0) is 13.9. The van der Waals surface area contributed by atoms with Crippen molar-refractivity contribution in [3.8, 4) is 12.3 Å². The van der Waals surface area contributed by atoms with E-state index in [9.17, 15) is 5.11 Å². The van der Waals surface area contributed by atoms with Gasteiger partial charge in [-0.15, -0.1) is 6.42 Å². The molecular weight excluding hydrogens is 242 g/mol. The molecule has 1 rings (SSSR count). The molecule has 0 aliphatic carbocycles. The van der Waals surface area contributed by atoms with Crippen LogP contribution in [0.2, 0.25) is 0 Å². The van der Waals surface area contributed by atoms with E-state index >= 15 is 0 Å². The molecule has 0 saturated heterocycles. The highest BCUT2D eigenvalue weighted by atomic mass is 16.5. The lowest BCUT2D eigenvalue weighted by molar-refractivity contribution is 0.0228. The van der Waals surface area contributed by atoms with Crippen LogP contribution in [0.15, 0.2) is 30.3 Å². The summed E-state index contributed by atoms with van der Waals surface area (Å²) < 4.78 is 5.10. The molecule has 0 aliphatic heterocycles. The van der Waals surface area contributed by atoms with E-state index in [1.165, 1.54) is 0 Å². The first-order valence-electron chi connectivity index (χ1n) is 6.32. The predicted octanol–water partition coefficient (Wildman–Crippen LogP) is 0.492. The second-order valence-electron chi connectivity index (χ2n) is 4.32. The number of rotatable bonds is 9. The molecule has 0 saturated carbocycles. The minimum Gasteiger partial charge on any atom is -0.395 e. The number of aliphatic hydroxyl groups excluding tert-OH is 2. The monoisotopic (exact) mass is 263 g/mol. The summed E-state index contributed by atoms with van der Waals surface area (Å²) in [7, 11) is 0. The van der Waals surface area contributed by atoms with Crippen molar-refractivity contribution in [3.63, 3.8) is 0 Å². The maximum atomic E-state index is 9.83. The van der Waals surface area contributed by atoms with E-state index in [1.54, 1.807) is 0 Å². The van der Waals surface area contributed by atoms with Crippen LogP contribution < -0.4 is 0 Å². The summed E-state index contributed by atoms with van der Waals surface area (Å²) in [5.74, 6) is 2.35. The number of hydrogen-bond acceptors (Lipinski definition) is 4. The Morgan fingerprint density at radius 3 is 2.68 bits per heavy atom. The number of hydrogen-bond donors (Lipinski definition) is 2. The van der Waals surface area contributed by atoms with Crippen LogP contribution in [-0.4, -0.2) is 54.1 Å². The molecule has 4 heteroatoms. The van der Waals surface area contributed by atoms with E-state index in [0.717, 1.165) is 5.56 Å². The number of ether oxygens (including phenoxy) is 1. The van der Waals surface area contributed by atoms with E-state index in [-0.39, 0.29) is 19.8 Å². The van der Waals surface area contributed by atoms with Gasteiger partial charge in [0, 0.05) is 19.6 Å². The van der Waals surface area contributed by atoms with Crippen LogP contribution in [0.3, 0.4) is 0 Å². The molecule has 104 valence electrons. The zero-order valence-corrected chi connectivity index (χ0v) is 11.0. The van der Waals surface area contributed by atoms with Crippen molar-refractivity contribution in [2.45, 2.75) is 12.6 Å². The van der Waals surface area contributed by atoms with Gasteiger partial charge in [0.25, 0.3) is 0 Å². The maximum absolute atomic E-state index is 9.83. The van der Waals surface area contributed by atoms with Gasteiger partial charge in [-0.2, -0.15) is 0 Å². The van der Waals surface area contributed by atoms with E-state index in [2.05, 4.69) is 5.92 Å². The number of aliphatic hydroxyl groups is 2. The molecule has 0 amide bonds. The third kappa shape index (κ3) is 6.94. The third-order valence-corrected chi connectivity index (χ3v) is 2.63. The van der Waals surface area contributed by atoms with Crippen molar-refractivity contribution in [2.75, 3.05) is 32.9 Å². The highest BCUT2D eigenvalue weighted by Crippen LogP contribution is 2.05. The summed E-state index contributed by atoms with van der Waals surface area (Å²) in [6.07, 6.45) is 4.46. The zero-order valence-electron chi connectivity index (χ0n) is 11.0. The van der Waals surface area contributed by atoms with Gasteiger partial charge < -0.3 is 14.9 Å². The highest BCUT2D eigenvalue weighted by molar-refractivity contribution is 5.14. The molecule has 0 fully saturated rings. The first-order valence-corrected chi connectivity index (χ1v) is 6.32. The maximum Gasteiger partial charge on any atom is 0.107 e. The SMILES string of the molecule is C#CCOCC(O)CN(CCO)Cc1ccccc1. The predicted molar refractivity (Wildman–Crippen MR) is 74.5 cm³/mol. The normalized spacial score (nSPS) is 12.3. The molecule has 0 aliphatic rings. The molecule has 0 spiro atoms. The molecule has 19 heavy (non-hydrogen) atoms. The second-order valence-corrected chi connectivity index (χ2v) is 4.32. The lowest BCUT2D eigenvalue weighted by Gasteiger charge is -2.24. The molecule has 1 atom stereocenters. The van der Waals surface area contributed by atoms with Crippen LogP contribution in [0.5, 0.6) is 0 Å². The lowest BCUT2D eigenvalue weighted by Crippen LogP contribution is -2.36. The Morgan fingerprint density at radius 1 is 1.32 bits per heavy atom. The summed E-state index contributed by atoms with van der Waals surface area (Å²) >= 11 is 0. The molecular formula is C15H21NO3. The Labute approximate surface area is 114 Å². The summed E-state index contributed by atoms with van der Waals surface area (Å²) in [5.41, 5.74) is 1.15. The van der Waals surface area contributed by atoms with Gasteiger partial charge in [0.1, 0.15) is 6.61 Å². The molecule has 0 bridgehead atoms. The summed E-state index contributed by atoms with van der Waals surface area (Å²) in [6.45, 7) is 2.12. The van der Waals surface area contributed by atoms with Crippen molar-refractivity contribution in [3.05, 3.63) is 35.9 Å². The largest absolute Gasteiger partial charge is 0.395 e. The summed E-state index contributed by atoms with van der Waals surface area (Å²) in [5, 5.41) is 18.9.